The third kappa shape index (κ3) is 3.94. The Morgan fingerprint density at radius 1 is 1.17 bits per heavy atom. The fourth-order valence-corrected chi connectivity index (χ4v) is 2.77. The highest BCUT2D eigenvalue weighted by molar-refractivity contribution is 5.79. The quantitative estimate of drug-likeness (QED) is 0.466. The molecule has 0 saturated carbocycles. The first-order valence-electron chi connectivity index (χ1n) is 8.78. The zero-order valence-corrected chi connectivity index (χ0v) is 15.5. The number of hydrogen-bond donors (Lipinski definition) is 1. The van der Waals surface area contributed by atoms with Gasteiger partial charge in [0.05, 0.1) is 24.1 Å². The fourth-order valence-electron chi connectivity index (χ4n) is 2.77. The highest BCUT2D eigenvalue weighted by Crippen LogP contribution is 2.39. The molecule has 0 atom stereocenters. The number of alkyl halides is 3. The van der Waals surface area contributed by atoms with Crippen LogP contribution in [0.25, 0.3) is 16.7 Å². The average molecular weight is 416 g/mol. The predicted octanol–water partition coefficient (Wildman–Crippen LogP) is 4.70. The van der Waals surface area contributed by atoms with Crippen LogP contribution in [0.1, 0.15) is 37.4 Å². The molecule has 2 aromatic heterocycles. The van der Waals surface area contributed by atoms with Gasteiger partial charge in [0.1, 0.15) is 16.7 Å². The second kappa shape index (κ2) is 7.80. The standard InChI is InChI=1S/C18H17F5N4O2/c1-3-4-5-6-29-17-24-8-12-15(25-17)9(2)26-27(12)11-7-10(18(21,22)23)13(19)16(28)14(11)20/h7-8,28H,3-6H2,1-2H3. The summed E-state index contributed by atoms with van der Waals surface area (Å²) in [5.74, 6) is -5.42. The van der Waals surface area contributed by atoms with Crippen LogP contribution in [-0.4, -0.2) is 31.5 Å². The largest absolute Gasteiger partial charge is 0.503 e. The Morgan fingerprint density at radius 2 is 1.90 bits per heavy atom. The Hall–Kier alpha value is -2.98. The first-order chi connectivity index (χ1) is 13.6. The highest BCUT2D eigenvalue weighted by atomic mass is 19.4. The summed E-state index contributed by atoms with van der Waals surface area (Å²) in [6.07, 6.45) is -1.15. The normalized spacial score (nSPS) is 12.0. The summed E-state index contributed by atoms with van der Waals surface area (Å²) in [4.78, 5) is 8.13. The molecule has 156 valence electrons. The molecule has 0 amide bonds. The number of unbranched alkanes of at least 4 members (excludes halogenated alkanes) is 2. The zero-order valence-electron chi connectivity index (χ0n) is 15.5. The van der Waals surface area contributed by atoms with Crippen molar-refractivity contribution in [1.29, 1.82) is 0 Å². The van der Waals surface area contributed by atoms with Crippen LogP contribution in [0.5, 0.6) is 11.8 Å². The summed E-state index contributed by atoms with van der Waals surface area (Å²) in [5, 5.41) is 13.5. The molecule has 1 aromatic carbocycles. The maximum absolute atomic E-state index is 14.4. The molecule has 1 N–H and O–H groups in total. The molecule has 0 bridgehead atoms. The van der Waals surface area contributed by atoms with Gasteiger partial charge in [-0.1, -0.05) is 19.8 Å². The number of halogens is 5. The van der Waals surface area contributed by atoms with E-state index in [1.54, 1.807) is 0 Å². The second-order valence-electron chi connectivity index (χ2n) is 6.36. The molecule has 11 heteroatoms. The molecule has 0 unspecified atom stereocenters. The molecule has 0 aliphatic heterocycles. The van der Waals surface area contributed by atoms with E-state index in [2.05, 4.69) is 15.1 Å². The van der Waals surface area contributed by atoms with Gasteiger partial charge in [0, 0.05) is 0 Å². The maximum Gasteiger partial charge on any atom is 0.419 e. The van der Waals surface area contributed by atoms with Gasteiger partial charge in [-0.3, -0.25) is 0 Å². The predicted molar refractivity (Wildman–Crippen MR) is 93.0 cm³/mol. The lowest BCUT2D eigenvalue weighted by Crippen LogP contribution is -2.12. The van der Waals surface area contributed by atoms with Crippen molar-refractivity contribution >= 4 is 11.0 Å². The molecular weight excluding hydrogens is 399 g/mol. The lowest BCUT2D eigenvalue weighted by atomic mass is 10.1. The smallest absolute Gasteiger partial charge is 0.419 e. The van der Waals surface area contributed by atoms with E-state index in [9.17, 15) is 27.1 Å². The summed E-state index contributed by atoms with van der Waals surface area (Å²) in [5.41, 5.74) is -2.04. The van der Waals surface area contributed by atoms with Crippen LogP contribution in [0.4, 0.5) is 22.0 Å². The highest BCUT2D eigenvalue weighted by Gasteiger charge is 2.38. The summed E-state index contributed by atoms with van der Waals surface area (Å²) in [6.45, 7) is 3.94. The first kappa shape index (κ1) is 20.7. The molecule has 0 aliphatic rings. The molecule has 2 heterocycles. The lowest BCUT2D eigenvalue weighted by molar-refractivity contribution is -0.140. The summed E-state index contributed by atoms with van der Waals surface area (Å²) < 4.78 is 73.5. The van der Waals surface area contributed by atoms with Gasteiger partial charge in [0.15, 0.2) is 17.4 Å². The number of rotatable bonds is 6. The Morgan fingerprint density at radius 3 is 2.55 bits per heavy atom. The number of nitrogens with zero attached hydrogens (tertiary/aromatic N) is 4. The minimum Gasteiger partial charge on any atom is -0.503 e. The molecule has 6 nitrogen and oxygen atoms in total. The Kier molecular flexibility index (Phi) is 5.58. The van der Waals surface area contributed by atoms with Crippen molar-refractivity contribution in [2.75, 3.05) is 6.61 Å². The van der Waals surface area contributed by atoms with E-state index in [0.29, 0.717) is 6.61 Å². The van der Waals surface area contributed by atoms with Crippen molar-refractivity contribution in [3.8, 4) is 17.4 Å². The van der Waals surface area contributed by atoms with E-state index in [1.165, 1.54) is 13.1 Å². The number of phenols is 1. The maximum atomic E-state index is 14.4. The number of aromatic hydroxyl groups is 1. The van der Waals surface area contributed by atoms with Crippen molar-refractivity contribution in [3.05, 3.63) is 35.2 Å². The Labute approximate surface area is 162 Å². The molecule has 0 fully saturated rings. The minimum absolute atomic E-state index is 0.0506. The second-order valence-corrected chi connectivity index (χ2v) is 6.36. The number of aryl methyl sites for hydroxylation is 1. The third-order valence-electron chi connectivity index (χ3n) is 4.24. The van der Waals surface area contributed by atoms with E-state index < -0.39 is 34.8 Å². The molecule has 3 rings (SSSR count). The zero-order chi connectivity index (χ0) is 21.3. The SMILES string of the molecule is CCCCCOc1ncc2c(n1)c(C)nn2-c1cc(C(F)(F)F)c(F)c(O)c1F. The van der Waals surface area contributed by atoms with Gasteiger partial charge in [-0.2, -0.15) is 23.3 Å². The number of benzene rings is 1. The topological polar surface area (TPSA) is 73.1 Å². The molecular formula is C18H17F5N4O2. The van der Waals surface area contributed by atoms with E-state index in [4.69, 9.17) is 4.74 Å². The van der Waals surface area contributed by atoms with Crippen LogP contribution < -0.4 is 4.74 Å². The number of aromatic nitrogens is 4. The van der Waals surface area contributed by atoms with Gasteiger partial charge in [-0.05, 0) is 19.4 Å². The molecule has 0 spiro atoms. The van der Waals surface area contributed by atoms with Crippen molar-refractivity contribution in [1.82, 2.24) is 19.7 Å². The average Bonchev–Trinajstić information content (AvgIpc) is 2.98. The number of phenolic OH excluding ortho intramolecular Hbond substituents is 1. The molecule has 0 saturated heterocycles. The monoisotopic (exact) mass is 416 g/mol. The molecule has 3 aromatic rings. The summed E-state index contributed by atoms with van der Waals surface area (Å²) >= 11 is 0. The Bertz CT molecular complexity index is 1050. The van der Waals surface area contributed by atoms with Crippen molar-refractivity contribution < 1.29 is 31.8 Å². The van der Waals surface area contributed by atoms with Gasteiger partial charge in [-0.25, -0.2) is 18.4 Å². The summed E-state index contributed by atoms with van der Waals surface area (Å²) in [7, 11) is 0. The van der Waals surface area contributed by atoms with Gasteiger partial charge >= 0.3 is 12.2 Å². The van der Waals surface area contributed by atoms with Crippen LogP contribution in [0.3, 0.4) is 0 Å². The van der Waals surface area contributed by atoms with Gasteiger partial charge in [0.25, 0.3) is 0 Å². The van der Waals surface area contributed by atoms with Gasteiger partial charge in [-0.15, -0.1) is 0 Å². The molecule has 29 heavy (non-hydrogen) atoms. The first-order valence-corrected chi connectivity index (χ1v) is 8.78. The van der Waals surface area contributed by atoms with Crippen LogP contribution in [0, 0.1) is 18.6 Å². The summed E-state index contributed by atoms with van der Waals surface area (Å²) in [6, 6.07) is 0.292. The van der Waals surface area contributed by atoms with Crippen LogP contribution in [-0.2, 0) is 6.18 Å². The minimum atomic E-state index is -5.14. The van der Waals surface area contributed by atoms with Gasteiger partial charge < -0.3 is 9.84 Å². The van der Waals surface area contributed by atoms with E-state index in [-0.39, 0.29) is 28.8 Å². The van der Waals surface area contributed by atoms with E-state index in [0.717, 1.165) is 23.9 Å². The lowest BCUT2D eigenvalue weighted by Gasteiger charge is -2.13. The van der Waals surface area contributed by atoms with Crippen LogP contribution >= 0.6 is 0 Å². The van der Waals surface area contributed by atoms with Crippen molar-refractivity contribution in [2.24, 2.45) is 0 Å². The molecule has 0 radical (unpaired) electrons. The third-order valence-corrected chi connectivity index (χ3v) is 4.24. The van der Waals surface area contributed by atoms with Crippen LogP contribution in [0.15, 0.2) is 12.3 Å². The fraction of sp³-hybridized carbons (Fsp3) is 0.389. The van der Waals surface area contributed by atoms with E-state index in [1.807, 2.05) is 6.92 Å². The van der Waals surface area contributed by atoms with Crippen molar-refractivity contribution in [3.63, 3.8) is 0 Å². The van der Waals surface area contributed by atoms with E-state index >= 15 is 0 Å². The number of fused-ring (bicyclic) bond motifs is 1. The molecule has 0 aliphatic carbocycles. The number of ether oxygens (including phenoxy) is 1. The Balaban J connectivity index is 2.08. The van der Waals surface area contributed by atoms with Crippen molar-refractivity contribution in [2.45, 2.75) is 39.3 Å². The van der Waals surface area contributed by atoms with Gasteiger partial charge in [0.2, 0.25) is 0 Å². The number of hydrogen-bond acceptors (Lipinski definition) is 5. The van der Waals surface area contributed by atoms with Crippen LogP contribution in [0.2, 0.25) is 0 Å².